The molecule has 0 aliphatic heterocycles. The number of amides is 1. The lowest BCUT2D eigenvalue weighted by Crippen LogP contribution is -2.25. The Hall–Kier alpha value is -2.20. The van der Waals surface area contributed by atoms with Crippen molar-refractivity contribution in [3.63, 3.8) is 0 Å². The first-order valence-electron chi connectivity index (χ1n) is 6.88. The monoisotopic (exact) mass is 319 g/mol. The van der Waals surface area contributed by atoms with Crippen molar-refractivity contribution in [3.8, 4) is 11.5 Å². The van der Waals surface area contributed by atoms with Gasteiger partial charge < -0.3 is 14.8 Å². The van der Waals surface area contributed by atoms with E-state index >= 15 is 0 Å². The molecule has 0 fully saturated rings. The van der Waals surface area contributed by atoms with Crippen LogP contribution >= 0.6 is 11.6 Å². The topological polar surface area (TPSA) is 47.6 Å². The minimum atomic E-state index is -0.150. The van der Waals surface area contributed by atoms with E-state index in [2.05, 4.69) is 5.32 Å². The summed E-state index contributed by atoms with van der Waals surface area (Å²) >= 11 is 5.93. The highest BCUT2D eigenvalue weighted by molar-refractivity contribution is 6.30. The predicted molar refractivity (Wildman–Crippen MR) is 87.0 cm³/mol. The van der Waals surface area contributed by atoms with Crippen LogP contribution < -0.4 is 14.8 Å². The SMILES string of the molecule is COc1ccc(C(=O)NCCc2cccc(Cl)c2)cc1OC. The molecule has 0 aliphatic rings. The summed E-state index contributed by atoms with van der Waals surface area (Å²) in [5.74, 6) is 0.978. The Morgan fingerprint density at radius 1 is 1.09 bits per heavy atom. The Balaban J connectivity index is 1.95. The Bertz CT molecular complexity index is 658. The van der Waals surface area contributed by atoms with Gasteiger partial charge in [-0.15, -0.1) is 0 Å². The Morgan fingerprint density at radius 2 is 1.86 bits per heavy atom. The standard InChI is InChI=1S/C17H18ClNO3/c1-21-15-7-6-13(11-16(15)22-2)17(20)19-9-8-12-4-3-5-14(18)10-12/h3-7,10-11H,8-9H2,1-2H3,(H,19,20). The molecular weight excluding hydrogens is 302 g/mol. The molecule has 0 aromatic heterocycles. The third-order valence-corrected chi connectivity index (χ3v) is 3.47. The van der Waals surface area contributed by atoms with E-state index in [1.54, 1.807) is 32.4 Å². The van der Waals surface area contributed by atoms with E-state index in [4.69, 9.17) is 21.1 Å². The summed E-state index contributed by atoms with van der Waals surface area (Å²) in [6.45, 7) is 0.535. The predicted octanol–water partition coefficient (Wildman–Crippen LogP) is 3.33. The molecule has 0 heterocycles. The first-order valence-corrected chi connectivity index (χ1v) is 7.26. The maximum atomic E-state index is 12.1. The van der Waals surface area contributed by atoms with Crippen LogP contribution in [0.5, 0.6) is 11.5 Å². The highest BCUT2D eigenvalue weighted by Gasteiger charge is 2.10. The van der Waals surface area contributed by atoms with Crippen molar-refractivity contribution in [2.75, 3.05) is 20.8 Å². The second kappa shape index (κ2) is 7.71. The molecule has 0 atom stereocenters. The van der Waals surface area contributed by atoms with Crippen LogP contribution in [0.2, 0.25) is 5.02 Å². The van der Waals surface area contributed by atoms with Crippen molar-refractivity contribution in [2.45, 2.75) is 6.42 Å². The average molecular weight is 320 g/mol. The highest BCUT2D eigenvalue weighted by Crippen LogP contribution is 2.27. The van der Waals surface area contributed by atoms with Gasteiger partial charge in [0.05, 0.1) is 14.2 Å². The third-order valence-electron chi connectivity index (χ3n) is 3.23. The van der Waals surface area contributed by atoms with Crippen molar-refractivity contribution >= 4 is 17.5 Å². The van der Waals surface area contributed by atoms with Crippen LogP contribution in [0, 0.1) is 0 Å². The maximum absolute atomic E-state index is 12.1. The van der Waals surface area contributed by atoms with Crippen LogP contribution in [0.1, 0.15) is 15.9 Å². The van der Waals surface area contributed by atoms with Gasteiger partial charge in [-0.25, -0.2) is 0 Å². The molecule has 2 rings (SSSR count). The van der Waals surface area contributed by atoms with E-state index in [0.717, 1.165) is 12.0 Å². The molecule has 4 nitrogen and oxygen atoms in total. The summed E-state index contributed by atoms with van der Waals surface area (Å²) in [7, 11) is 3.10. The molecule has 0 bridgehead atoms. The summed E-state index contributed by atoms with van der Waals surface area (Å²) in [6, 6.07) is 12.7. The Morgan fingerprint density at radius 3 is 2.55 bits per heavy atom. The van der Waals surface area contributed by atoms with Gasteiger partial charge in [-0.05, 0) is 42.3 Å². The van der Waals surface area contributed by atoms with Gasteiger partial charge in [-0.2, -0.15) is 0 Å². The van der Waals surface area contributed by atoms with E-state index in [1.807, 2.05) is 24.3 Å². The number of benzene rings is 2. The van der Waals surface area contributed by atoms with Gasteiger partial charge in [0, 0.05) is 17.1 Å². The Labute approximate surface area is 135 Å². The Kier molecular flexibility index (Phi) is 5.67. The normalized spacial score (nSPS) is 10.1. The zero-order valence-electron chi connectivity index (χ0n) is 12.6. The molecule has 1 N–H and O–H groups in total. The number of hydrogen-bond acceptors (Lipinski definition) is 3. The van der Waals surface area contributed by atoms with E-state index in [-0.39, 0.29) is 5.91 Å². The van der Waals surface area contributed by atoms with Crippen LogP contribution in [0.25, 0.3) is 0 Å². The van der Waals surface area contributed by atoms with Gasteiger partial charge in [0.25, 0.3) is 5.91 Å². The zero-order valence-corrected chi connectivity index (χ0v) is 13.3. The minimum absolute atomic E-state index is 0.150. The number of halogens is 1. The van der Waals surface area contributed by atoms with Crippen molar-refractivity contribution in [2.24, 2.45) is 0 Å². The van der Waals surface area contributed by atoms with Gasteiger partial charge in [0.1, 0.15) is 0 Å². The number of carbonyl (C=O) groups is 1. The van der Waals surface area contributed by atoms with E-state index in [0.29, 0.717) is 28.6 Å². The fraction of sp³-hybridized carbons (Fsp3) is 0.235. The molecule has 2 aromatic rings. The van der Waals surface area contributed by atoms with Crippen LogP contribution in [0.3, 0.4) is 0 Å². The van der Waals surface area contributed by atoms with Crippen molar-refractivity contribution in [1.29, 1.82) is 0 Å². The zero-order chi connectivity index (χ0) is 15.9. The summed E-state index contributed by atoms with van der Waals surface area (Å²) in [4.78, 5) is 12.1. The molecule has 0 saturated heterocycles. The molecular formula is C17H18ClNO3. The van der Waals surface area contributed by atoms with Gasteiger partial charge in [0.2, 0.25) is 0 Å². The summed E-state index contributed by atoms with van der Waals surface area (Å²) in [5.41, 5.74) is 1.61. The number of nitrogens with one attached hydrogen (secondary N) is 1. The molecule has 0 unspecified atom stereocenters. The first-order chi connectivity index (χ1) is 10.6. The van der Waals surface area contributed by atoms with Gasteiger partial charge in [0.15, 0.2) is 11.5 Å². The first kappa shape index (κ1) is 16.2. The van der Waals surface area contributed by atoms with Crippen molar-refractivity contribution < 1.29 is 14.3 Å². The second-order valence-electron chi connectivity index (χ2n) is 4.71. The third kappa shape index (κ3) is 4.15. The largest absolute Gasteiger partial charge is 0.493 e. The molecule has 0 aliphatic carbocycles. The number of methoxy groups -OCH3 is 2. The van der Waals surface area contributed by atoms with Gasteiger partial charge >= 0.3 is 0 Å². The van der Waals surface area contributed by atoms with Crippen LogP contribution in [0.4, 0.5) is 0 Å². The lowest BCUT2D eigenvalue weighted by atomic mass is 10.1. The summed E-state index contributed by atoms with van der Waals surface area (Å²) in [5, 5.41) is 3.58. The lowest BCUT2D eigenvalue weighted by Gasteiger charge is -2.10. The molecule has 5 heteroatoms. The summed E-state index contributed by atoms with van der Waals surface area (Å²) < 4.78 is 10.3. The average Bonchev–Trinajstić information content (AvgIpc) is 2.54. The molecule has 0 saturated carbocycles. The maximum Gasteiger partial charge on any atom is 0.251 e. The highest BCUT2D eigenvalue weighted by atomic mass is 35.5. The fourth-order valence-corrected chi connectivity index (χ4v) is 2.31. The van der Waals surface area contributed by atoms with E-state index < -0.39 is 0 Å². The number of rotatable bonds is 6. The lowest BCUT2D eigenvalue weighted by molar-refractivity contribution is 0.0953. The van der Waals surface area contributed by atoms with E-state index in [9.17, 15) is 4.79 Å². The van der Waals surface area contributed by atoms with Crippen LogP contribution in [-0.2, 0) is 6.42 Å². The van der Waals surface area contributed by atoms with Crippen LogP contribution in [0.15, 0.2) is 42.5 Å². The summed E-state index contributed by atoms with van der Waals surface area (Å²) in [6.07, 6.45) is 0.722. The smallest absolute Gasteiger partial charge is 0.251 e. The molecule has 22 heavy (non-hydrogen) atoms. The number of ether oxygens (including phenoxy) is 2. The molecule has 0 spiro atoms. The molecule has 2 aromatic carbocycles. The van der Waals surface area contributed by atoms with E-state index in [1.165, 1.54) is 0 Å². The molecule has 116 valence electrons. The van der Waals surface area contributed by atoms with Gasteiger partial charge in [-0.1, -0.05) is 23.7 Å². The molecule has 0 radical (unpaired) electrons. The second-order valence-corrected chi connectivity index (χ2v) is 5.14. The van der Waals surface area contributed by atoms with Gasteiger partial charge in [-0.3, -0.25) is 4.79 Å². The fourth-order valence-electron chi connectivity index (χ4n) is 2.09. The van der Waals surface area contributed by atoms with Crippen molar-refractivity contribution in [1.82, 2.24) is 5.32 Å². The molecule has 1 amide bonds. The van der Waals surface area contributed by atoms with Crippen molar-refractivity contribution in [3.05, 3.63) is 58.6 Å². The number of carbonyl (C=O) groups excluding carboxylic acids is 1. The minimum Gasteiger partial charge on any atom is -0.493 e. The van der Waals surface area contributed by atoms with Crippen LogP contribution in [-0.4, -0.2) is 26.7 Å². The number of hydrogen-bond donors (Lipinski definition) is 1. The quantitative estimate of drug-likeness (QED) is 0.888.